The minimum Gasteiger partial charge on any atom is -0.359 e. The predicted octanol–water partition coefficient (Wildman–Crippen LogP) is 3.87. The molecule has 4 rings (SSSR count). The highest BCUT2D eigenvalue weighted by Crippen LogP contribution is 2.19. The van der Waals surface area contributed by atoms with Gasteiger partial charge in [0.1, 0.15) is 5.69 Å². The highest BCUT2D eigenvalue weighted by atomic mass is 16.5. The van der Waals surface area contributed by atoms with Gasteiger partial charge in [-0.25, -0.2) is 0 Å². The van der Waals surface area contributed by atoms with Gasteiger partial charge >= 0.3 is 0 Å². The van der Waals surface area contributed by atoms with Crippen molar-refractivity contribution in [2.24, 2.45) is 0 Å². The molecule has 0 fully saturated rings. The molecule has 0 unspecified atom stereocenters. The molecule has 7 heteroatoms. The minimum absolute atomic E-state index is 0.0745. The van der Waals surface area contributed by atoms with Gasteiger partial charge in [0.15, 0.2) is 5.76 Å². The van der Waals surface area contributed by atoms with Gasteiger partial charge in [-0.05, 0) is 49.7 Å². The number of aryl methyl sites for hydroxylation is 2. The van der Waals surface area contributed by atoms with Crippen molar-refractivity contribution in [3.63, 3.8) is 0 Å². The van der Waals surface area contributed by atoms with Crippen LogP contribution in [0, 0.1) is 13.8 Å². The lowest BCUT2D eigenvalue weighted by atomic mass is 10.1. The van der Waals surface area contributed by atoms with Gasteiger partial charge in [-0.15, -0.1) is 0 Å². The summed E-state index contributed by atoms with van der Waals surface area (Å²) in [7, 11) is 1.75. The number of carbonyl (C=O) groups excluding carboxylic acids is 1. The fourth-order valence-electron chi connectivity index (χ4n) is 3.33. The van der Waals surface area contributed by atoms with Crippen molar-refractivity contribution in [3.05, 3.63) is 89.2 Å². The molecule has 0 radical (unpaired) electrons. The summed E-state index contributed by atoms with van der Waals surface area (Å²) in [6, 6.07) is 15.3. The molecule has 0 aliphatic heterocycles. The van der Waals surface area contributed by atoms with Crippen molar-refractivity contribution in [2.75, 3.05) is 7.05 Å². The second-order valence-corrected chi connectivity index (χ2v) is 7.36. The van der Waals surface area contributed by atoms with Gasteiger partial charge in [-0.3, -0.25) is 14.5 Å². The Morgan fingerprint density at radius 3 is 2.47 bits per heavy atom. The second kappa shape index (κ2) is 8.32. The number of carbonyl (C=O) groups is 1. The Morgan fingerprint density at radius 2 is 1.80 bits per heavy atom. The normalized spacial score (nSPS) is 10.9. The summed E-state index contributed by atoms with van der Waals surface area (Å²) in [5.41, 5.74) is 5.49. The summed E-state index contributed by atoms with van der Waals surface area (Å²) >= 11 is 0. The average molecular weight is 401 g/mol. The molecule has 0 bridgehead atoms. The molecule has 1 amide bonds. The summed E-state index contributed by atoms with van der Waals surface area (Å²) < 4.78 is 7.36. The van der Waals surface area contributed by atoms with Gasteiger partial charge in [0.05, 0.1) is 18.8 Å². The first-order valence-electron chi connectivity index (χ1n) is 9.71. The number of amides is 1. The summed E-state index contributed by atoms with van der Waals surface area (Å²) in [5, 5.41) is 8.57. The van der Waals surface area contributed by atoms with Crippen LogP contribution in [0.15, 0.2) is 65.4 Å². The van der Waals surface area contributed by atoms with Gasteiger partial charge in [0.2, 0.25) is 0 Å². The third kappa shape index (κ3) is 4.30. The molecule has 0 spiro atoms. The number of benzene rings is 1. The maximum Gasteiger partial charge on any atom is 0.254 e. The molecule has 0 atom stereocenters. The van der Waals surface area contributed by atoms with Crippen LogP contribution in [0.3, 0.4) is 0 Å². The Kier molecular flexibility index (Phi) is 5.43. The van der Waals surface area contributed by atoms with E-state index in [1.807, 2.05) is 61.0 Å². The first kappa shape index (κ1) is 19.6. The topological polar surface area (TPSA) is 77.0 Å². The summed E-state index contributed by atoms with van der Waals surface area (Å²) in [5.74, 6) is 0.549. The van der Waals surface area contributed by atoms with E-state index in [4.69, 9.17) is 4.52 Å². The molecule has 0 saturated heterocycles. The van der Waals surface area contributed by atoms with Crippen LogP contribution in [0.1, 0.15) is 33.1 Å². The lowest BCUT2D eigenvalue weighted by molar-refractivity contribution is 0.0772. The SMILES string of the molecule is Cc1cc(C)n(Cc2ccc(C(=O)N(C)Cc3cc(-c4ccncc4)no3)cc2)n1. The molecule has 30 heavy (non-hydrogen) atoms. The van der Waals surface area contributed by atoms with Gasteiger partial charge in [0.25, 0.3) is 5.91 Å². The first-order chi connectivity index (χ1) is 14.5. The molecule has 0 aliphatic rings. The maximum atomic E-state index is 12.8. The van der Waals surface area contributed by atoms with E-state index < -0.39 is 0 Å². The van der Waals surface area contributed by atoms with E-state index in [2.05, 4.69) is 21.3 Å². The Bertz CT molecular complexity index is 1150. The lowest BCUT2D eigenvalue weighted by Gasteiger charge is -2.15. The molecule has 0 N–H and O–H groups in total. The Labute approximate surface area is 175 Å². The van der Waals surface area contributed by atoms with E-state index in [1.54, 1.807) is 24.3 Å². The number of nitrogens with zero attached hydrogens (tertiary/aromatic N) is 5. The van der Waals surface area contributed by atoms with Crippen LogP contribution in [-0.4, -0.2) is 37.8 Å². The third-order valence-corrected chi connectivity index (χ3v) is 4.91. The van der Waals surface area contributed by atoms with Crippen LogP contribution in [0.4, 0.5) is 0 Å². The van der Waals surface area contributed by atoms with Crippen molar-refractivity contribution in [2.45, 2.75) is 26.9 Å². The Balaban J connectivity index is 1.40. The molecule has 1 aromatic carbocycles. The highest BCUT2D eigenvalue weighted by Gasteiger charge is 2.15. The summed E-state index contributed by atoms with van der Waals surface area (Å²) in [6.45, 7) is 5.04. The fourth-order valence-corrected chi connectivity index (χ4v) is 3.33. The molecule has 3 heterocycles. The van der Waals surface area contributed by atoms with Gasteiger partial charge in [-0.1, -0.05) is 17.3 Å². The maximum absolute atomic E-state index is 12.8. The number of aromatic nitrogens is 4. The van der Waals surface area contributed by atoms with Crippen molar-refractivity contribution in [1.82, 2.24) is 24.8 Å². The van der Waals surface area contributed by atoms with Gasteiger partial charge < -0.3 is 9.42 Å². The number of pyridine rings is 1. The molecular formula is C23H23N5O2. The number of rotatable bonds is 6. The van der Waals surface area contributed by atoms with Crippen LogP contribution in [-0.2, 0) is 13.1 Å². The lowest BCUT2D eigenvalue weighted by Crippen LogP contribution is -2.26. The Hall–Kier alpha value is -3.74. The minimum atomic E-state index is -0.0745. The number of hydrogen-bond donors (Lipinski definition) is 0. The smallest absolute Gasteiger partial charge is 0.254 e. The quantitative estimate of drug-likeness (QED) is 0.490. The van der Waals surface area contributed by atoms with Crippen LogP contribution >= 0.6 is 0 Å². The zero-order valence-corrected chi connectivity index (χ0v) is 17.2. The van der Waals surface area contributed by atoms with E-state index in [9.17, 15) is 4.79 Å². The summed E-state index contributed by atoms with van der Waals surface area (Å²) in [6.07, 6.45) is 3.41. The fraction of sp³-hybridized carbons (Fsp3) is 0.217. The van der Waals surface area contributed by atoms with E-state index in [0.29, 0.717) is 24.4 Å². The first-order valence-corrected chi connectivity index (χ1v) is 9.71. The van der Waals surface area contributed by atoms with Crippen molar-refractivity contribution >= 4 is 5.91 Å². The van der Waals surface area contributed by atoms with E-state index in [-0.39, 0.29) is 5.91 Å². The van der Waals surface area contributed by atoms with Crippen LogP contribution in [0.5, 0.6) is 0 Å². The predicted molar refractivity (Wildman–Crippen MR) is 113 cm³/mol. The van der Waals surface area contributed by atoms with E-state index >= 15 is 0 Å². The average Bonchev–Trinajstić information content (AvgIpc) is 3.34. The van der Waals surface area contributed by atoms with Crippen LogP contribution in [0.25, 0.3) is 11.3 Å². The van der Waals surface area contributed by atoms with Crippen molar-refractivity contribution < 1.29 is 9.32 Å². The Morgan fingerprint density at radius 1 is 1.07 bits per heavy atom. The molecule has 152 valence electrons. The molecule has 0 aliphatic carbocycles. The molecular weight excluding hydrogens is 378 g/mol. The monoisotopic (exact) mass is 401 g/mol. The largest absolute Gasteiger partial charge is 0.359 e. The standard InChI is InChI=1S/C23H23N5O2/c1-16-12-17(2)28(25-16)14-18-4-6-20(7-5-18)23(29)27(3)15-21-13-22(26-30-21)19-8-10-24-11-9-19/h4-13H,14-15H2,1-3H3. The zero-order valence-electron chi connectivity index (χ0n) is 17.2. The number of hydrogen-bond acceptors (Lipinski definition) is 5. The molecule has 4 aromatic rings. The van der Waals surface area contributed by atoms with Crippen molar-refractivity contribution in [3.8, 4) is 11.3 Å². The van der Waals surface area contributed by atoms with Crippen molar-refractivity contribution in [1.29, 1.82) is 0 Å². The highest BCUT2D eigenvalue weighted by molar-refractivity contribution is 5.94. The van der Waals surface area contributed by atoms with Gasteiger partial charge in [-0.2, -0.15) is 5.10 Å². The molecule has 0 saturated carbocycles. The third-order valence-electron chi connectivity index (χ3n) is 4.91. The second-order valence-electron chi connectivity index (χ2n) is 7.36. The summed E-state index contributed by atoms with van der Waals surface area (Å²) in [4.78, 5) is 18.4. The van der Waals surface area contributed by atoms with E-state index in [0.717, 1.165) is 28.2 Å². The van der Waals surface area contributed by atoms with Gasteiger partial charge in [0, 0.05) is 42.3 Å². The van der Waals surface area contributed by atoms with Crippen LogP contribution < -0.4 is 0 Å². The molecule has 7 nitrogen and oxygen atoms in total. The molecule has 3 aromatic heterocycles. The van der Waals surface area contributed by atoms with E-state index in [1.165, 1.54) is 0 Å². The van der Waals surface area contributed by atoms with Crippen LogP contribution in [0.2, 0.25) is 0 Å². The zero-order chi connectivity index (χ0) is 21.1.